The first-order valence-electron chi connectivity index (χ1n) is 5.56. The van der Waals surface area contributed by atoms with Crippen molar-refractivity contribution in [1.29, 1.82) is 0 Å². The fourth-order valence-electron chi connectivity index (χ4n) is 1.73. The minimum atomic E-state index is 0.557. The standard InChI is InChI=1S/C12H10ClN5S/c1-6-2-4-8(14)12(15-6)16-10-7(13)3-5-9-11(10)18-19-17-9/h2-5H,14H2,1H3,(H,15,16). The molecule has 7 heteroatoms. The van der Waals surface area contributed by atoms with E-state index >= 15 is 0 Å². The Balaban J connectivity index is 2.12. The van der Waals surface area contributed by atoms with E-state index in [1.165, 1.54) is 0 Å². The van der Waals surface area contributed by atoms with Gasteiger partial charge < -0.3 is 11.1 Å². The molecule has 3 aromatic rings. The van der Waals surface area contributed by atoms with Crippen LogP contribution in [-0.4, -0.2) is 13.7 Å². The van der Waals surface area contributed by atoms with Crippen LogP contribution in [-0.2, 0) is 0 Å². The Morgan fingerprint density at radius 2 is 2.05 bits per heavy atom. The van der Waals surface area contributed by atoms with Crippen LogP contribution in [0.1, 0.15) is 5.69 Å². The monoisotopic (exact) mass is 291 g/mol. The van der Waals surface area contributed by atoms with Gasteiger partial charge in [0.2, 0.25) is 0 Å². The summed E-state index contributed by atoms with van der Waals surface area (Å²) in [5, 5.41) is 3.70. The number of rotatable bonds is 2. The van der Waals surface area contributed by atoms with Gasteiger partial charge >= 0.3 is 0 Å². The molecule has 0 aliphatic rings. The zero-order chi connectivity index (χ0) is 13.4. The molecule has 0 aliphatic carbocycles. The maximum Gasteiger partial charge on any atom is 0.153 e. The lowest BCUT2D eigenvalue weighted by atomic mass is 10.2. The Bertz CT molecular complexity index is 755. The highest BCUT2D eigenvalue weighted by Gasteiger charge is 2.12. The number of hydrogen-bond acceptors (Lipinski definition) is 6. The fourth-order valence-corrected chi connectivity index (χ4v) is 2.47. The lowest BCUT2D eigenvalue weighted by Gasteiger charge is -2.10. The molecule has 96 valence electrons. The number of anilines is 3. The third-order valence-electron chi connectivity index (χ3n) is 2.69. The number of nitrogens with two attached hydrogens (primary N) is 1. The molecule has 0 aliphatic heterocycles. The summed E-state index contributed by atoms with van der Waals surface area (Å²) in [7, 11) is 0. The molecular weight excluding hydrogens is 282 g/mol. The van der Waals surface area contributed by atoms with E-state index in [2.05, 4.69) is 19.0 Å². The molecule has 3 rings (SSSR count). The van der Waals surface area contributed by atoms with E-state index in [-0.39, 0.29) is 0 Å². The van der Waals surface area contributed by atoms with E-state index in [1.54, 1.807) is 12.1 Å². The minimum Gasteiger partial charge on any atom is -0.396 e. The molecule has 19 heavy (non-hydrogen) atoms. The molecule has 0 radical (unpaired) electrons. The number of aryl methyl sites for hydroxylation is 1. The van der Waals surface area contributed by atoms with Crippen LogP contribution in [0.25, 0.3) is 11.0 Å². The van der Waals surface area contributed by atoms with E-state index in [4.69, 9.17) is 17.3 Å². The van der Waals surface area contributed by atoms with Gasteiger partial charge in [0.05, 0.1) is 28.1 Å². The number of pyridine rings is 1. The quantitative estimate of drug-likeness (QED) is 0.757. The molecule has 3 N–H and O–H groups in total. The van der Waals surface area contributed by atoms with Gasteiger partial charge in [-0.2, -0.15) is 8.75 Å². The molecule has 2 aromatic heterocycles. The number of aromatic nitrogens is 3. The predicted molar refractivity (Wildman–Crippen MR) is 79.1 cm³/mol. The lowest BCUT2D eigenvalue weighted by molar-refractivity contribution is 1.20. The smallest absolute Gasteiger partial charge is 0.153 e. The highest BCUT2D eigenvalue weighted by molar-refractivity contribution is 7.00. The Hall–Kier alpha value is -1.92. The van der Waals surface area contributed by atoms with Crippen molar-refractivity contribution in [3.05, 3.63) is 35.0 Å². The molecule has 0 spiro atoms. The third-order valence-corrected chi connectivity index (χ3v) is 3.54. The lowest BCUT2D eigenvalue weighted by Crippen LogP contribution is -2.01. The SMILES string of the molecule is Cc1ccc(N)c(Nc2c(Cl)ccc3nsnc23)n1. The normalized spacial score (nSPS) is 10.8. The van der Waals surface area contributed by atoms with Gasteiger partial charge in [-0.1, -0.05) is 11.6 Å². The number of hydrogen-bond donors (Lipinski definition) is 2. The van der Waals surface area contributed by atoms with Crippen molar-refractivity contribution in [1.82, 2.24) is 13.7 Å². The summed E-state index contributed by atoms with van der Waals surface area (Å²) >= 11 is 7.35. The summed E-state index contributed by atoms with van der Waals surface area (Å²) in [6, 6.07) is 7.27. The van der Waals surface area contributed by atoms with Crippen LogP contribution >= 0.6 is 23.3 Å². The van der Waals surface area contributed by atoms with E-state index < -0.39 is 0 Å². The van der Waals surface area contributed by atoms with E-state index in [0.29, 0.717) is 22.2 Å². The van der Waals surface area contributed by atoms with Crippen molar-refractivity contribution in [3.63, 3.8) is 0 Å². The first-order chi connectivity index (χ1) is 9.15. The molecule has 0 saturated heterocycles. The van der Waals surface area contributed by atoms with Crippen LogP contribution in [0.2, 0.25) is 5.02 Å². The van der Waals surface area contributed by atoms with Crippen molar-refractivity contribution in [3.8, 4) is 0 Å². The number of halogens is 1. The Morgan fingerprint density at radius 3 is 2.89 bits per heavy atom. The summed E-state index contributed by atoms with van der Waals surface area (Å²) in [4.78, 5) is 4.36. The largest absolute Gasteiger partial charge is 0.396 e. The number of nitrogen functional groups attached to an aromatic ring is 1. The third kappa shape index (κ3) is 2.20. The van der Waals surface area contributed by atoms with E-state index in [9.17, 15) is 0 Å². The van der Waals surface area contributed by atoms with Gasteiger partial charge in [0.15, 0.2) is 5.82 Å². The van der Waals surface area contributed by atoms with Crippen molar-refractivity contribution in [2.45, 2.75) is 6.92 Å². The second-order valence-electron chi connectivity index (χ2n) is 4.07. The Morgan fingerprint density at radius 1 is 1.21 bits per heavy atom. The highest BCUT2D eigenvalue weighted by atomic mass is 35.5. The summed E-state index contributed by atoms with van der Waals surface area (Å²) in [5.74, 6) is 0.572. The second-order valence-corrected chi connectivity index (χ2v) is 5.01. The number of fused-ring (bicyclic) bond motifs is 1. The first kappa shape index (κ1) is 12.1. The van der Waals surface area contributed by atoms with E-state index in [0.717, 1.165) is 28.5 Å². The molecule has 0 fully saturated rings. The van der Waals surface area contributed by atoms with Crippen molar-refractivity contribution >= 4 is 51.6 Å². The van der Waals surface area contributed by atoms with Crippen molar-refractivity contribution < 1.29 is 0 Å². The van der Waals surface area contributed by atoms with Crippen LogP contribution in [0.3, 0.4) is 0 Å². The van der Waals surface area contributed by atoms with Gasteiger partial charge in [-0.3, -0.25) is 0 Å². The van der Waals surface area contributed by atoms with Crippen LogP contribution in [0, 0.1) is 6.92 Å². The fraction of sp³-hybridized carbons (Fsp3) is 0.0833. The molecule has 0 unspecified atom stereocenters. The van der Waals surface area contributed by atoms with Crippen molar-refractivity contribution in [2.24, 2.45) is 0 Å². The molecular formula is C12H10ClN5S. The van der Waals surface area contributed by atoms with Crippen LogP contribution < -0.4 is 11.1 Å². The summed E-state index contributed by atoms with van der Waals surface area (Å²) in [6.45, 7) is 1.90. The topological polar surface area (TPSA) is 76.7 Å². The average molecular weight is 292 g/mol. The molecule has 0 saturated carbocycles. The van der Waals surface area contributed by atoms with Crippen molar-refractivity contribution in [2.75, 3.05) is 11.1 Å². The summed E-state index contributed by atoms with van der Waals surface area (Å²) in [5.41, 5.74) is 9.53. The number of nitrogens with zero attached hydrogens (tertiary/aromatic N) is 3. The summed E-state index contributed by atoms with van der Waals surface area (Å²) in [6.07, 6.45) is 0. The van der Waals surface area contributed by atoms with Gasteiger partial charge in [-0.05, 0) is 31.2 Å². The zero-order valence-corrected chi connectivity index (χ0v) is 11.6. The first-order valence-corrected chi connectivity index (χ1v) is 6.67. The van der Waals surface area contributed by atoms with Gasteiger partial charge in [0.1, 0.15) is 11.0 Å². The molecule has 0 amide bonds. The van der Waals surface area contributed by atoms with Gasteiger partial charge in [0, 0.05) is 5.69 Å². The van der Waals surface area contributed by atoms with Crippen LogP contribution in [0.15, 0.2) is 24.3 Å². The number of benzene rings is 1. The maximum absolute atomic E-state index is 6.21. The minimum absolute atomic E-state index is 0.557. The Labute approximate surface area is 118 Å². The summed E-state index contributed by atoms with van der Waals surface area (Å²) < 4.78 is 8.43. The molecule has 5 nitrogen and oxygen atoms in total. The molecule has 2 heterocycles. The Kier molecular flexibility index (Phi) is 2.96. The van der Waals surface area contributed by atoms with Gasteiger partial charge in [-0.25, -0.2) is 4.98 Å². The van der Waals surface area contributed by atoms with Crippen LogP contribution in [0.5, 0.6) is 0 Å². The predicted octanol–water partition coefficient (Wildman–Crippen LogP) is 3.37. The molecule has 1 aromatic carbocycles. The average Bonchev–Trinajstić information content (AvgIpc) is 2.85. The van der Waals surface area contributed by atoms with Gasteiger partial charge in [0.25, 0.3) is 0 Å². The molecule has 0 atom stereocenters. The van der Waals surface area contributed by atoms with Crippen LogP contribution in [0.4, 0.5) is 17.2 Å². The van der Waals surface area contributed by atoms with E-state index in [1.807, 2.05) is 19.1 Å². The number of nitrogens with one attached hydrogen (secondary N) is 1. The van der Waals surface area contributed by atoms with Gasteiger partial charge in [-0.15, -0.1) is 0 Å². The zero-order valence-electron chi connectivity index (χ0n) is 10.0. The second kappa shape index (κ2) is 4.64. The highest BCUT2D eigenvalue weighted by Crippen LogP contribution is 2.33. The maximum atomic E-state index is 6.21. The molecule has 0 bridgehead atoms.